The van der Waals surface area contributed by atoms with Crippen LogP contribution in [0.3, 0.4) is 0 Å². The van der Waals surface area contributed by atoms with Gasteiger partial charge in [0.2, 0.25) is 11.8 Å². The number of hydrogen-bond donors (Lipinski definition) is 4. The fourth-order valence-electron chi connectivity index (χ4n) is 12.9. The van der Waals surface area contributed by atoms with Gasteiger partial charge in [0.15, 0.2) is 0 Å². The number of methoxy groups -OCH3 is 2. The largest absolute Gasteiger partial charge is 0.453 e. The number of H-pyrrole nitrogens is 2. The minimum Gasteiger partial charge on any atom is -0.453 e. The molecule has 3 aromatic carbocycles. The fraction of sp³-hybridized carbons (Fsp3) is 0.517. The van der Waals surface area contributed by atoms with E-state index in [2.05, 4.69) is 86.2 Å². The van der Waals surface area contributed by atoms with Crippen molar-refractivity contribution in [1.82, 2.24) is 40.4 Å². The van der Waals surface area contributed by atoms with E-state index >= 15 is 0 Å². The average Bonchev–Trinajstić information content (AvgIpc) is 4.22. The third kappa shape index (κ3) is 9.77. The second-order valence-electron chi connectivity index (χ2n) is 21.8. The van der Waals surface area contributed by atoms with Crippen LogP contribution in [0, 0.1) is 23.7 Å². The average molecular weight is 977 g/mol. The Balaban J connectivity index is 0.951. The zero-order chi connectivity index (χ0) is 50.2. The van der Waals surface area contributed by atoms with Crippen LogP contribution in [-0.4, -0.2) is 92.1 Å². The zero-order valence-corrected chi connectivity index (χ0v) is 42.8. The molecular formula is C58H72N8O6. The third-order valence-electron chi connectivity index (χ3n) is 16.8. The van der Waals surface area contributed by atoms with Crippen LogP contribution in [0.2, 0.25) is 0 Å². The van der Waals surface area contributed by atoms with Gasteiger partial charge in [0.05, 0.1) is 37.7 Å². The van der Waals surface area contributed by atoms with Crippen molar-refractivity contribution in [2.24, 2.45) is 23.7 Å². The Bertz CT molecular complexity index is 2760. The maximum absolute atomic E-state index is 14.6. The number of aromatic amines is 2. The number of ether oxygens (including phenoxy) is 2. The Kier molecular flexibility index (Phi) is 14.3. The number of amides is 4. The number of aryl methyl sites for hydroxylation is 4. The lowest BCUT2D eigenvalue weighted by Gasteiger charge is -2.36. The number of rotatable bonds is 11. The Morgan fingerprint density at radius 3 is 1.49 bits per heavy atom. The van der Waals surface area contributed by atoms with Gasteiger partial charge in [-0.05, 0) is 127 Å². The molecule has 4 N–H and O–H groups in total. The van der Waals surface area contributed by atoms with E-state index in [-0.39, 0.29) is 47.8 Å². The molecule has 2 aromatic heterocycles. The van der Waals surface area contributed by atoms with Gasteiger partial charge in [-0.2, -0.15) is 0 Å². The minimum absolute atomic E-state index is 0.0741. The zero-order valence-electron chi connectivity index (χ0n) is 42.8. The quantitative estimate of drug-likeness (QED) is 0.101. The van der Waals surface area contributed by atoms with Crippen LogP contribution in [0.25, 0.3) is 33.6 Å². The predicted molar refractivity (Wildman–Crippen MR) is 277 cm³/mol. The molecule has 72 heavy (non-hydrogen) atoms. The first kappa shape index (κ1) is 49.2. The molecule has 0 radical (unpaired) electrons. The minimum atomic E-state index is -0.707. The topological polar surface area (TPSA) is 175 Å². The van der Waals surface area contributed by atoms with Crippen molar-refractivity contribution < 1.29 is 28.7 Å². The van der Waals surface area contributed by atoms with Crippen molar-refractivity contribution in [2.45, 2.75) is 154 Å². The van der Waals surface area contributed by atoms with Gasteiger partial charge < -0.3 is 39.9 Å². The molecule has 4 heterocycles. The number of fused-ring (bicyclic) bond motifs is 2. The highest BCUT2D eigenvalue weighted by Crippen LogP contribution is 2.48. The summed E-state index contributed by atoms with van der Waals surface area (Å²) >= 11 is 0. The number of hydrogen-bond acceptors (Lipinski definition) is 8. The van der Waals surface area contributed by atoms with E-state index < -0.39 is 24.3 Å². The second kappa shape index (κ2) is 21.0. The summed E-state index contributed by atoms with van der Waals surface area (Å²) in [4.78, 5) is 75.6. The first-order valence-corrected chi connectivity index (χ1v) is 26.7. The first-order chi connectivity index (χ1) is 34.9. The molecule has 8 atom stereocenters. The van der Waals surface area contributed by atoms with Crippen molar-refractivity contribution in [3.05, 3.63) is 107 Å². The predicted octanol–water partition coefficient (Wildman–Crippen LogP) is 10.4. The summed E-state index contributed by atoms with van der Waals surface area (Å²) in [6, 6.07) is 20.9. The number of carbonyl (C=O) groups is 4. The number of likely N-dealkylation sites (tertiary alicyclic amines) is 2. The molecule has 4 bridgehead atoms. The number of imidazole rings is 2. The highest BCUT2D eigenvalue weighted by Gasteiger charge is 2.50. The van der Waals surface area contributed by atoms with Crippen molar-refractivity contribution in [3.8, 4) is 33.6 Å². The van der Waals surface area contributed by atoms with Crippen molar-refractivity contribution in [3.63, 3.8) is 0 Å². The van der Waals surface area contributed by atoms with Gasteiger partial charge in [0, 0.05) is 35.6 Å². The molecule has 4 amide bonds. The van der Waals surface area contributed by atoms with E-state index in [1.807, 2.05) is 45.0 Å². The summed E-state index contributed by atoms with van der Waals surface area (Å²) in [6.07, 6.45) is 16.4. The molecule has 4 fully saturated rings. The van der Waals surface area contributed by atoms with Gasteiger partial charge in [-0.3, -0.25) is 9.59 Å². The lowest BCUT2D eigenvalue weighted by atomic mass is 9.84. The summed E-state index contributed by atoms with van der Waals surface area (Å²) in [7, 11) is 2.66. The van der Waals surface area contributed by atoms with E-state index in [4.69, 9.17) is 19.4 Å². The van der Waals surface area contributed by atoms with Crippen LogP contribution in [0.5, 0.6) is 0 Å². The number of benzene rings is 3. The molecule has 13 rings (SSSR count). The van der Waals surface area contributed by atoms with E-state index in [0.717, 1.165) is 130 Å². The maximum Gasteiger partial charge on any atom is 0.407 e. The van der Waals surface area contributed by atoms with Crippen LogP contribution < -0.4 is 10.6 Å². The molecule has 6 unspecified atom stereocenters. The van der Waals surface area contributed by atoms with Gasteiger partial charge in [-0.15, -0.1) is 0 Å². The molecule has 2 saturated heterocycles. The van der Waals surface area contributed by atoms with Crippen LogP contribution in [-0.2, 0) is 44.7 Å². The van der Waals surface area contributed by atoms with E-state index in [0.29, 0.717) is 11.8 Å². The van der Waals surface area contributed by atoms with Crippen molar-refractivity contribution in [1.29, 1.82) is 0 Å². The van der Waals surface area contributed by atoms with Crippen molar-refractivity contribution in [2.75, 3.05) is 14.2 Å². The highest BCUT2D eigenvalue weighted by atomic mass is 16.5. The molecule has 14 nitrogen and oxygen atoms in total. The number of carbonyl (C=O) groups excluding carboxylic acids is 4. The summed E-state index contributed by atoms with van der Waals surface area (Å²) < 4.78 is 9.87. The molecule has 380 valence electrons. The van der Waals surface area contributed by atoms with E-state index in [1.54, 1.807) is 0 Å². The van der Waals surface area contributed by atoms with E-state index in [9.17, 15) is 19.2 Å². The maximum atomic E-state index is 14.6. The Morgan fingerprint density at radius 1 is 0.569 bits per heavy atom. The lowest BCUT2D eigenvalue weighted by molar-refractivity contribution is -0.139. The van der Waals surface area contributed by atoms with Crippen LogP contribution in [0.4, 0.5) is 9.59 Å². The number of aromatic nitrogens is 4. The lowest BCUT2D eigenvalue weighted by Crippen LogP contribution is -2.53. The monoisotopic (exact) mass is 977 g/mol. The molecule has 8 aliphatic rings. The third-order valence-corrected chi connectivity index (χ3v) is 16.8. The van der Waals surface area contributed by atoms with Gasteiger partial charge in [-0.1, -0.05) is 108 Å². The standard InChI is InChI=1S/C58H72N8O6/c1-33(2)51(63-57(69)71-5)55(67)65-47-13-9-7-11-41(47)29-49(65)53-59-31-45(61-53)38-25-23-37(24-26-38)43-27-40-22-20-36-17-15-35(16-18-36)19-21-39(43)28-44(40)46-32-60-54(62-46)50-30-42-12-8-10-14-48(42)66(50)56(68)52(34(3)4)64-58(70)72-6/h15-18,23-28,31-34,41-42,47-52H,7-14,19-22,29-30H2,1-6H3,(H,59,61)(H,60,62)(H,63,69)(H,64,70)/t41?,42?,47?,48?,49-,50-,51?,52?/m0/s1. The van der Waals surface area contributed by atoms with Crippen LogP contribution >= 0.6 is 0 Å². The normalized spacial score (nSPS) is 23.5. The Morgan fingerprint density at radius 2 is 1.00 bits per heavy atom. The van der Waals surface area contributed by atoms with Gasteiger partial charge in [0.1, 0.15) is 23.7 Å². The highest BCUT2D eigenvalue weighted by molar-refractivity contribution is 5.88. The van der Waals surface area contributed by atoms with Crippen molar-refractivity contribution >= 4 is 24.0 Å². The molecule has 6 aliphatic carbocycles. The molecular weight excluding hydrogens is 905 g/mol. The summed E-state index contributed by atoms with van der Waals surface area (Å²) in [5, 5.41) is 5.67. The van der Waals surface area contributed by atoms with Gasteiger partial charge in [-0.25, -0.2) is 19.6 Å². The summed E-state index contributed by atoms with van der Waals surface area (Å²) in [5.74, 6) is 1.94. The Hall–Kier alpha value is -6.44. The first-order valence-electron chi connectivity index (χ1n) is 26.7. The van der Waals surface area contributed by atoms with Crippen LogP contribution in [0.15, 0.2) is 73.1 Å². The molecule has 2 aliphatic heterocycles. The second-order valence-corrected chi connectivity index (χ2v) is 21.8. The van der Waals surface area contributed by atoms with E-state index in [1.165, 1.54) is 42.0 Å². The molecule has 2 saturated carbocycles. The summed E-state index contributed by atoms with van der Waals surface area (Å²) in [6.45, 7) is 7.83. The smallest absolute Gasteiger partial charge is 0.407 e. The number of nitrogens with zero attached hydrogens (tertiary/aromatic N) is 4. The number of nitrogens with one attached hydrogen (secondary N) is 4. The SMILES string of the molecule is COC(=O)NC(C(=O)N1C2CCCCC2C[C@H]1c1nc(-c2ccc(-c3cc4c(-c5c[nH]c([C@@H]6CC7CCCCC7N6C(=O)C(NC(=O)OC)C(C)C)n5)cc3CCc3ccc(cc3)CC4)cc2)c[nH]1)C(C)C. The fourth-order valence-corrected chi connectivity index (χ4v) is 12.9. The Labute approximate surface area is 423 Å². The van der Waals surface area contributed by atoms with Gasteiger partial charge in [0.25, 0.3) is 0 Å². The van der Waals surface area contributed by atoms with Gasteiger partial charge >= 0.3 is 12.2 Å². The van der Waals surface area contributed by atoms with Crippen LogP contribution in [0.1, 0.15) is 138 Å². The molecule has 5 aromatic rings. The number of alkyl carbamates (subject to hydrolysis) is 2. The molecule has 0 spiro atoms. The summed E-state index contributed by atoms with van der Waals surface area (Å²) in [5.41, 5.74) is 11.2. The molecule has 14 heteroatoms.